The van der Waals surface area contributed by atoms with Crippen molar-refractivity contribution in [1.82, 2.24) is 9.97 Å². The average molecular weight is 261 g/mol. The quantitative estimate of drug-likeness (QED) is 0.800. The molecule has 1 aromatic rings. The van der Waals surface area contributed by atoms with E-state index >= 15 is 0 Å². The lowest BCUT2D eigenvalue weighted by Gasteiger charge is -2.23. The predicted octanol–water partition coefficient (Wildman–Crippen LogP) is 2.64. The normalized spacial score (nSPS) is 19.5. The Kier molecular flexibility index (Phi) is 5.33. The third kappa shape index (κ3) is 3.77. The van der Waals surface area contributed by atoms with E-state index in [1.165, 1.54) is 12.8 Å². The van der Waals surface area contributed by atoms with Crippen molar-refractivity contribution in [3.05, 3.63) is 24.2 Å². The topological polar surface area (TPSA) is 49.2 Å². The Bertz CT molecular complexity index is 420. The number of anilines is 1. The second-order valence-corrected chi connectivity index (χ2v) is 5.02. The van der Waals surface area contributed by atoms with Crippen molar-refractivity contribution in [3.63, 3.8) is 0 Å². The first-order valence-corrected chi connectivity index (χ1v) is 7.21. The van der Waals surface area contributed by atoms with Gasteiger partial charge in [-0.1, -0.05) is 25.8 Å². The molecular weight excluding hydrogens is 238 g/mol. The zero-order valence-corrected chi connectivity index (χ0v) is 11.6. The van der Waals surface area contributed by atoms with E-state index in [9.17, 15) is 5.11 Å². The van der Waals surface area contributed by atoms with Gasteiger partial charge in [0.15, 0.2) is 0 Å². The number of hydrogen-bond acceptors (Lipinski definition) is 4. The van der Waals surface area contributed by atoms with E-state index in [4.69, 9.17) is 0 Å². The lowest BCUT2D eigenvalue weighted by Crippen LogP contribution is -2.32. The van der Waals surface area contributed by atoms with Crippen LogP contribution in [0.5, 0.6) is 0 Å². The van der Waals surface area contributed by atoms with Gasteiger partial charge in [0.25, 0.3) is 0 Å². The standard InChI is InChI=1S/C15H23N3O/c1-2-3-4-5-7-13-10-16-11-15(17-13)18-9-6-8-14(18)12-19/h5,7,10-11,14,19H,2-4,6,8-9,12H2,1H3/b7-5+. The first kappa shape index (κ1) is 14.0. The van der Waals surface area contributed by atoms with Crippen LogP contribution in [0.25, 0.3) is 6.08 Å². The highest BCUT2D eigenvalue weighted by atomic mass is 16.3. The minimum Gasteiger partial charge on any atom is -0.394 e. The van der Waals surface area contributed by atoms with E-state index in [0.29, 0.717) is 0 Å². The van der Waals surface area contributed by atoms with Crippen LogP contribution in [0.3, 0.4) is 0 Å². The summed E-state index contributed by atoms with van der Waals surface area (Å²) >= 11 is 0. The molecule has 0 spiro atoms. The maximum Gasteiger partial charge on any atom is 0.148 e. The lowest BCUT2D eigenvalue weighted by atomic mass is 10.2. The fourth-order valence-corrected chi connectivity index (χ4v) is 2.44. The minimum absolute atomic E-state index is 0.193. The highest BCUT2D eigenvalue weighted by molar-refractivity contribution is 5.48. The Labute approximate surface area is 115 Å². The Balaban J connectivity index is 2.04. The number of aliphatic hydroxyl groups excluding tert-OH is 1. The molecule has 0 aliphatic carbocycles. The second kappa shape index (κ2) is 7.24. The van der Waals surface area contributed by atoms with Crippen molar-refractivity contribution >= 4 is 11.9 Å². The van der Waals surface area contributed by atoms with Crippen LogP contribution in [0.15, 0.2) is 18.5 Å². The summed E-state index contributed by atoms with van der Waals surface area (Å²) in [7, 11) is 0. The van der Waals surface area contributed by atoms with Crippen molar-refractivity contribution in [3.8, 4) is 0 Å². The number of nitrogens with zero attached hydrogens (tertiary/aromatic N) is 3. The maximum atomic E-state index is 9.36. The van der Waals surface area contributed by atoms with Gasteiger partial charge in [-0.25, -0.2) is 4.98 Å². The number of allylic oxidation sites excluding steroid dienone is 1. The molecule has 4 nitrogen and oxygen atoms in total. The third-order valence-corrected chi connectivity index (χ3v) is 3.54. The molecule has 4 heteroatoms. The van der Waals surface area contributed by atoms with Crippen LogP contribution in [0, 0.1) is 0 Å². The highest BCUT2D eigenvalue weighted by Crippen LogP contribution is 2.23. The molecule has 0 radical (unpaired) electrons. The van der Waals surface area contributed by atoms with E-state index in [1.807, 2.05) is 6.08 Å². The Morgan fingerprint density at radius 3 is 3.16 bits per heavy atom. The Morgan fingerprint density at radius 1 is 1.47 bits per heavy atom. The molecule has 0 bridgehead atoms. The molecule has 104 valence electrons. The van der Waals surface area contributed by atoms with Crippen LogP contribution >= 0.6 is 0 Å². The van der Waals surface area contributed by atoms with Gasteiger partial charge in [0.05, 0.1) is 30.7 Å². The van der Waals surface area contributed by atoms with Crippen molar-refractivity contribution in [2.75, 3.05) is 18.1 Å². The van der Waals surface area contributed by atoms with Gasteiger partial charge in [-0.15, -0.1) is 0 Å². The first-order valence-electron chi connectivity index (χ1n) is 7.21. The average Bonchev–Trinajstić information content (AvgIpc) is 2.92. The van der Waals surface area contributed by atoms with Gasteiger partial charge in [0.1, 0.15) is 5.82 Å². The molecule has 1 aliphatic heterocycles. The van der Waals surface area contributed by atoms with Crippen molar-refractivity contribution in [2.24, 2.45) is 0 Å². The molecule has 0 aromatic carbocycles. The molecule has 1 aromatic heterocycles. The van der Waals surface area contributed by atoms with E-state index < -0.39 is 0 Å². The van der Waals surface area contributed by atoms with Crippen molar-refractivity contribution in [2.45, 2.75) is 45.1 Å². The Morgan fingerprint density at radius 2 is 2.37 bits per heavy atom. The summed E-state index contributed by atoms with van der Waals surface area (Å²) in [6.45, 7) is 3.35. The fourth-order valence-electron chi connectivity index (χ4n) is 2.44. The monoisotopic (exact) mass is 261 g/mol. The fraction of sp³-hybridized carbons (Fsp3) is 0.600. The van der Waals surface area contributed by atoms with Crippen LogP contribution in [0.2, 0.25) is 0 Å². The second-order valence-electron chi connectivity index (χ2n) is 5.02. The predicted molar refractivity (Wildman–Crippen MR) is 78.0 cm³/mol. The number of hydrogen-bond donors (Lipinski definition) is 1. The van der Waals surface area contributed by atoms with Crippen LogP contribution in [-0.2, 0) is 0 Å². The highest BCUT2D eigenvalue weighted by Gasteiger charge is 2.24. The summed E-state index contributed by atoms with van der Waals surface area (Å²) in [4.78, 5) is 11.0. The molecule has 1 saturated heterocycles. The van der Waals surface area contributed by atoms with Crippen molar-refractivity contribution < 1.29 is 5.11 Å². The maximum absolute atomic E-state index is 9.36. The Hall–Kier alpha value is -1.42. The van der Waals surface area contributed by atoms with Crippen molar-refractivity contribution in [1.29, 1.82) is 0 Å². The summed E-state index contributed by atoms with van der Waals surface area (Å²) in [6.07, 6.45) is 13.4. The molecule has 0 amide bonds. The van der Waals surface area contributed by atoms with E-state index in [0.717, 1.165) is 37.3 Å². The number of rotatable bonds is 6. The lowest BCUT2D eigenvalue weighted by molar-refractivity contribution is 0.266. The number of aromatic nitrogens is 2. The van der Waals surface area contributed by atoms with Crippen LogP contribution in [-0.4, -0.2) is 34.3 Å². The van der Waals surface area contributed by atoms with E-state index in [1.54, 1.807) is 12.4 Å². The zero-order chi connectivity index (χ0) is 13.5. The molecule has 1 N–H and O–H groups in total. The molecule has 2 heterocycles. The van der Waals surface area contributed by atoms with Gasteiger partial charge in [-0.3, -0.25) is 4.98 Å². The molecule has 1 aliphatic rings. The van der Waals surface area contributed by atoms with Gasteiger partial charge in [0.2, 0.25) is 0 Å². The number of aliphatic hydroxyl groups is 1. The van der Waals surface area contributed by atoms with Crippen LogP contribution in [0.4, 0.5) is 5.82 Å². The van der Waals surface area contributed by atoms with Gasteiger partial charge in [-0.05, 0) is 25.3 Å². The van der Waals surface area contributed by atoms with Gasteiger partial charge >= 0.3 is 0 Å². The third-order valence-electron chi connectivity index (χ3n) is 3.54. The summed E-state index contributed by atoms with van der Waals surface area (Å²) in [5.74, 6) is 0.884. The first-order chi connectivity index (χ1) is 9.35. The minimum atomic E-state index is 0.193. The SMILES string of the molecule is CCCC/C=C/c1cncc(N2CCCC2CO)n1. The van der Waals surface area contributed by atoms with E-state index in [2.05, 4.69) is 27.9 Å². The summed E-state index contributed by atoms with van der Waals surface area (Å²) < 4.78 is 0. The molecular formula is C15H23N3O. The molecule has 1 atom stereocenters. The summed E-state index contributed by atoms with van der Waals surface area (Å²) in [5, 5.41) is 9.36. The zero-order valence-electron chi connectivity index (χ0n) is 11.6. The molecule has 2 rings (SSSR count). The van der Waals surface area contributed by atoms with Gasteiger partial charge < -0.3 is 10.0 Å². The van der Waals surface area contributed by atoms with Crippen LogP contribution < -0.4 is 4.90 Å². The molecule has 1 unspecified atom stereocenters. The smallest absolute Gasteiger partial charge is 0.148 e. The number of unbranched alkanes of at least 4 members (excludes halogenated alkanes) is 2. The molecule has 19 heavy (non-hydrogen) atoms. The van der Waals surface area contributed by atoms with Gasteiger partial charge in [0, 0.05) is 6.54 Å². The van der Waals surface area contributed by atoms with Crippen LogP contribution in [0.1, 0.15) is 44.7 Å². The molecule has 1 fully saturated rings. The summed E-state index contributed by atoms with van der Waals surface area (Å²) in [6, 6.07) is 0.202. The largest absolute Gasteiger partial charge is 0.394 e. The summed E-state index contributed by atoms with van der Waals surface area (Å²) in [5.41, 5.74) is 0.900. The van der Waals surface area contributed by atoms with Gasteiger partial charge in [-0.2, -0.15) is 0 Å². The molecule has 0 saturated carbocycles. The van der Waals surface area contributed by atoms with E-state index in [-0.39, 0.29) is 12.6 Å².